The van der Waals surface area contributed by atoms with Crippen molar-refractivity contribution < 1.29 is 0 Å². The minimum Gasteiger partial charge on any atom is -0.399 e. The van der Waals surface area contributed by atoms with Gasteiger partial charge in [0.15, 0.2) is 0 Å². The summed E-state index contributed by atoms with van der Waals surface area (Å²) < 4.78 is 0. The molecule has 1 aromatic carbocycles. The van der Waals surface area contributed by atoms with Crippen LogP contribution in [0.5, 0.6) is 0 Å². The van der Waals surface area contributed by atoms with E-state index < -0.39 is 0 Å². The molecule has 1 aliphatic rings. The Labute approximate surface area is 105 Å². The number of hydrogen-bond acceptors (Lipinski definition) is 2. The topological polar surface area (TPSA) is 38.0 Å². The quantitative estimate of drug-likeness (QED) is 0.771. The van der Waals surface area contributed by atoms with E-state index in [4.69, 9.17) is 5.73 Å². The molecule has 0 bridgehead atoms. The summed E-state index contributed by atoms with van der Waals surface area (Å²) in [6, 6.07) is 6.09. The Balaban J connectivity index is 1.77. The highest BCUT2D eigenvalue weighted by Gasteiger charge is 2.12. The van der Waals surface area contributed by atoms with Crippen LogP contribution in [0.1, 0.15) is 44.1 Å². The number of nitrogens with two attached hydrogens (primary N) is 1. The molecule has 0 saturated heterocycles. The first-order chi connectivity index (χ1) is 8.25. The zero-order valence-electron chi connectivity index (χ0n) is 10.8. The van der Waals surface area contributed by atoms with Gasteiger partial charge in [0.2, 0.25) is 0 Å². The standard InChI is InChI=1S/C15H24N2/c1-12-11-14(16)7-8-15(12)17-10-9-13-5-3-2-4-6-13/h7-8,11,13,17H,2-6,9-10,16H2,1H3. The predicted octanol–water partition coefficient (Wildman–Crippen LogP) is 3.96. The second-order valence-corrected chi connectivity index (χ2v) is 5.29. The molecule has 0 unspecified atom stereocenters. The summed E-state index contributed by atoms with van der Waals surface area (Å²) in [4.78, 5) is 0. The van der Waals surface area contributed by atoms with E-state index in [-0.39, 0.29) is 0 Å². The Morgan fingerprint density at radius 2 is 2.00 bits per heavy atom. The normalized spacial score (nSPS) is 17.0. The molecule has 0 spiro atoms. The lowest BCUT2D eigenvalue weighted by Gasteiger charge is -2.22. The van der Waals surface area contributed by atoms with Gasteiger partial charge in [-0.05, 0) is 43.0 Å². The van der Waals surface area contributed by atoms with Gasteiger partial charge in [-0.3, -0.25) is 0 Å². The molecular weight excluding hydrogens is 208 g/mol. The summed E-state index contributed by atoms with van der Waals surface area (Å²) in [6.07, 6.45) is 8.49. The summed E-state index contributed by atoms with van der Waals surface area (Å²) in [7, 11) is 0. The fourth-order valence-corrected chi connectivity index (χ4v) is 2.77. The number of hydrogen-bond donors (Lipinski definition) is 2. The molecule has 0 aliphatic heterocycles. The van der Waals surface area contributed by atoms with Crippen molar-refractivity contribution in [2.24, 2.45) is 5.92 Å². The van der Waals surface area contributed by atoms with Gasteiger partial charge in [-0.15, -0.1) is 0 Å². The molecule has 0 aromatic heterocycles. The first-order valence-corrected chi connectivity index (χ1v) is 6.86. The van der Waals surface area contributed by atoms with E-state index in [1.54, 1.807) is 0 Å². The zero-order chi connectivity index (χ0) is 12.1. The summed E-state index contributed by atoms with van der Waals surface area (Å²) in [5.74, 6) is 0.949. The van der Waals surface area contributed by atoms with Crippen LogP contribution in [-0.2, 0) is 0 Å². The molecule has 0 atom stereocenters. The number of aryl methyl sites for hydroxylation is 1. The van der Waals surface area contributed by atoms with Crippen LogP contribution in [0.3, 0.4) is 0 Å². The van der Waals surface area contributed by atoms with Crippen molar-refractivity contribution >= 4 is 11.4 Å². The van der Waals surface area contributed by atoms with Gasteiger partial charge in [0.25, 0.3) is 0 Å². The van der Waals surface area contributed by atoms with Crippen molar-refractivity contribution in [3.63, 3.8) is 0 Å². The maximum absolute atomic E-state index is 5.75. The van der Waals surface area contributed by atoms with E-state index >= 15 is 0 Å². The van der Waals surface area contributed by atoms with Crippen LogP contribution in [0, 0.1) is 12.8 Å². The maximum Gasteiger partial charge on any atom is 0.0371 e. The van der Waals surface area contributed by atoms with Gasteiger partial charge in [0.05, 0.1) is 0 Å². The highest BCUT2D eigenvalue weighted by molar-refractivity contribution is 5.57. The smallest absolute Gasteiger partial charge is 0.0371 e. The van der Waals surface area contributed by atoms with E-state index in [2.05, 4.69) is 18.3 Å². The molecule has 2 rings (SSSR count). The van der Waals surface area contributed by atoms with Gasteiger partial charge in [0, 0.05) is 17.9 Å². The summed E-state index contributed by atoms with van der Waals surface area (Å²) >= 11 is 0. The average molecular weight is 232 g/mol. The van der Waals surface area contributed by atoms with E-state index in [0.29, 0.717) is 0 Å². The van der Waals surface area contributed by atoms with E-state index in [1.807, 2.05) is 12.1 Å². The SMILES string of the molecule is Cc1cc(N)ccc1NCCC1CCCCC1. The third-order valence-corrected chi connectivity index (χ3v) is 3.84. The number of anilines is 2. The average Bonchev–Trinajstić information content (AvgIpc) is 2.33. The lowest BCUT2D eigenvalue weighted by Crippen LogP contribution is -2.12. The van der Waals surface area contributed by atoms with Crippen molar-refractivity contribution in [3.8, 4) is 0 Å². The molecule has 1 fully saturated rings. The maximum atomic E-state index is 5.75. The zero-order valence-corrected chi connectivity index (χ0v) is 10.8. The van der Waals surface area contributed by atoms with Gasteiger partial charge < -0.3 is 11.1 Å². The molecule has 1 saturated carbocycles. The van der Waals surface area contributed by atoms with Crippen molar-refractivity contribution in [1.29, 1.82) is 0 Å². The molecule has 1 aromatic rings. The Kier molecular flexibility index (Phi) is 4.29. The lowest BCUT2D eigenvalue weighted by atomic mass is 9.87. The molecule has 0 amide bonds. The minimum absolute atomic E-state index is 0.848. The number of benzene rings is 1. The Morgan fingerprint density at radius 3 is 2.71 bits per heavy atom. The van der Waals surface area contributed by atoms with Crippen molar-refractivity contribution in [2.45, 2.75) is 45.4 Å². The van der Waals surface area contributed by atoms with Gasteiger partial charge in [-0.1, -0.05) is 32.1 Å². The fraction of sp³-hybridized carbons (Fsp3) is 0.600. The Morgan fingerprint density at radius 1 is 1.24 bits per heavy atom. The van der Waals surface area contributed by atoms with Gasteiger partial charge in [-0.2, -0.15) is 0 Å². The van der Waals surface area contributed by atoms with Crippen LogP contribution < -0.4 is 11.1 Å². The lowest BCUT2D eigenvalue weighted by molar-refractivity contribution is 0.345. The molecule has 1 aliphatic carbocycles. The van der Waals surface area contributed by atoms with E-state index in [9.17, 15) is 0 Å². The predicted molar refractivity (Wildman–Crippen MR) is 75.3 cm³/mol. The number of nitrogen functional groups attached to an aromatic ring is 1. The fourth-order valence-electron chi connectivity index (χ4n) is 2.77. The van der Waals surface area contributed by atoms with Crippen LogP contribution in [0.2, 0.25) is 0 Å². The highest BCUT2D eigenvalue weighted by atomic mass is 14.9. The van der Waals surface area contributed by atoms with Crippen LogP contribution in [0.15, 0.2) is 18.2 Å². The summed E-state index contributed by atoms with van der Waals surface area (Å²) in [6.45, 7) is 3.20. The second kappa shape index (κ2) is 5.95. The number of rotatable bonds is 4. The third kappa shape index (κ3) is 3.65. The molecule has 0 heterocycles. The Hall–Kier alpha value is -1.18. The van der Waals surface area contributed by atoms with Crippen molar-refractivity contribution in [2.75, 3.05) is 17.6 Å². The Bertz CT molecular complexity index is 354. The molecule has 2 nitrogen and oxygen atoms in total. The van der Waals surface area contributed by atoms with Crippen molar-refractivity contribution in [1.82, 2.24) is 0 Å². The van der Waals surface area contributed by atoms with E-state index in [1.165, 1.54) is 49.8 Å². The summed E-state index contributed by atoms with van der Waals surface area (Å²) in [5.41, 5.74) is 9.07. The van der Waals surface area contributed by atoms with Gasteiger partial charge in [0.1, 0.15) is 0 Å². The first-order valence-electron chi connectivity index (χ1n) is 6.86. The second-order valence-electron chi connectivity index (χ2n) is 5.29. The van der Waals surface area contributed by atoms with E-state index in [0.717, 1.165) is 18.2 Å². The highest BCUT2D eigenvalue weighted by Crippen LogP contribution is 2.26. The molecule has 3 N–H and O–H groups in total. The largest absolute Gasteiger partial charge is 0.399 e. The van der Waals surface area contributed by atoms with Crippen LogP contribution in [0.25, 0.3) is 0 Å². The minimum atomic E-state index is 0.848. The molecule has 94 valence electrons. The molecule has 17 heavy (non-hydrogen) atoms. The number of nitrogens with one attached hydrogen (secondary N) is 1. The molecule has 2 heteroatoms. The van der Waals surface area contributed by atoms with Crippen LogP contribution in [-0.4, -0.2) is 6.54 Å². The monoisotopic (exact) mass is 232 g/mol. The van der Waals surface area contributed by atoms with Crippen LogP contribution >= 0.6 is 0 Å². The molecule has 0 radical (unpaired) electrons. The summed E-state index contributed by atoms with van der Waals surface area (Å²) in [5, 5.41) is 3.53. The molecular formula is C15H24N2. The van der Waals surface area contributed by atoms with Crippen molar-refractivity contribution in [3.05, 3.63) is 23.8 Å². The van der Waals surface area contributed by atoms with Gasteiger partial charge in [-0.25, -0.2) is 0 Å². The first kappa shape index (κ1) is 12.3. The van der Waals surface area contributed by atoms with Gasteiger partial charge >= 0.3 is 0 Å². The van der Waals surface area contributed by atoms with Crippen LogP contribution in [0.4, 0.5) is 11.4 Å². The third-order valence-electron chi connectivity index (χ3n) is 3.84.